The highest BCUT2D eigenvalue weighted by Gasteiger charge is 2.26. The maximum Gasteiger partial charge on any atom is 0.261 e. The number of hydrogen-bond acceptors (Lipinski definition) is 3. The third-order valence-electron chi connectivity index (χ3n) is 4.34. The van der Waals surface area contributed by atoms with Gasteiger partial charge >= 0.3 is 0 Å². The van der Waals surface area contributed by atoms with E-state index in [0.717, 1.165) is 16.7 Å². The van der Waals surface area contributed by atoms with E-state index in [2.05, 4.69) is 5.32 Å². The zero-order valence-corrected chi connectivity index (χ0v) is 17.5. The highest BCUT2D eigenvalue weighted by molar-refractivity contribution is 6.30. The largest absolute Gasteiger partial charge is 0.484 e. The van der Waals surface area contributed by atoms with Crippen LogP contribution in [0.2, 0.25) is 5.02 Å². The summed E-state index contributed by atoms with van der Waals surface area (Å²) in [6.07, 6.45) is 0. The van der Waals surface area contributed by atoms with Crippen molar-refractivity contribution in [3.05, 3.63) is 64.2 Å². The first-order chi connectivity index (χ1) is 13.3. The van der Waals surface area contributed by atoms with Gasteiger partial charge in [-0.25, -0.2) is 0 Å². The van der Waals surface area contributed by atoms with Gasteiger partial charge in [-0.15, -0.1) is 0 Å². The maximum absolute atomic E-state index is 12.9. The topological polar surface area (TPSA) is 58.6 Å². The van der Waals surface area contributed by atoms with Crippen molar-refractivity contribution in [1.82, 2.24) is 10.2 Å². The molecule has 0 radical (unpaired) electrons. The highest BCUT2D eigenvalue weighted by Crippen LogP contribution is 2.17. The van der Waals surface area contributed by atoms with Gasteiger partial charge in [0.25, 0.3) is 5.91 Å². The second-order valence-electron chi connectivity index (χ2n) is 6.83. The number of ether oxygens (including phenoxy) is 1. The number of nitrogens with one attached hydrogen (secondary N) is 1. The Morgan fingerprint density at radius 3 is 2.29 bits per heavy atom. The molecule has 0 saturated heterocycles. The summed E-state index contributed by atoms with van der Waals surface area (Å²) < 4.78 is 5.71. The van der Waals surface area contributed by atoms with Gasteiger partial charge in [0.2, 0.25) is 5.91 Å². The lowest BCUT2D eigenvalue weighted by Gasteiger charge is -2.28. The molecule has 0 fully saturated rings. The van der Waals surface area contributed by atoms with Crippen molar-refractivity contribution in [3.63, 3.8) is 0 Å². The van der Waals surface area contributed by atoms with Crippen molar-refractivity contribution in [3.8, 4) is 5.75 Å². The van der Waals surface area contributed by atoms with Gasteiger partial charge in [0.1, 0.15) is 11.8 Å². The lowest BCUT2D eigenvalue weighted by molar-refractivity contribution is -0.142. The van der Waals surface area contributed by atoms with E-state index in [0.29, 0.717) is 23.9 Å². The Hall–Kier alpha value is -2.53. The third-order valence-corrected chi connectivity index (χ3v) is 4.59. The van der Waals surface area contributed by atoms with Crippen molar-refractivity contribution in [2.45, 2.75) is 40.3 Å². The molecule has 5 nitrogen and oxygen atoms in total. The van der Waals surface area contributed by atoms with Crippen molar-refractivity contribution in [1.29, 1.82) is 0 Å². The SMILES string of the molecule is CCNC(=O)[C@@H](C)N(Cc1ccc(Cl)cc1)C(=O)COc1cc(C)cc(C)c1. The van der Waals surface area contributed by atoms with E-state index in [1.54, 1.807) is 19.1 Å². The molecule has 1 N–H and O–H groups in total. The summed E-state index contributed by atoms with van der Waals surface area (Å²) in [7, 11) is 0. The van der Waals surface area contributed by atoms with Gasteiger partial charge in [0, 0.05) is 18.1 Å². The molecule has 0 unspecified atom stereocenters. The molecule has 0 aliphatic carbocycles. The number of hydrogen-bond donors (Lipinski definition) is 1. The summed E-state index contributed by atoms with van der Waals surface area (Å²) in [6.45, 7) is 8.18. The van der Waals surface area contributed by atoms with Crippen LogP contribution in [0.4, 0.5) is 0 Å². The molecule has 0 heterocycles. The van der Waals surface area contributed by atoms with Crippen LogP contribution in [0, 0.1) is 13.8 Å². The molecule has 1 atom stereocenters. The Morgan fingerprint density at radius 1 is 1.11 bits per heavy atom. The van der Waals surface area contributed by atoms with Gasteiger partial charge in [0.05, 0.1) is 0 Å². The minimum atomic E-state index is -0.619. The predicted molar refractivity (Wildman–Crippen MR) is 112 cm³/mol. The Kier molecular flexibility index (Phi) is 7.88. The molecule has 0 aliphatic heterocycles. The van der Waals surface area contributed by atoms with Crippen molar-refractivity contribution in [2.24, 2.45) is 0 Å². The van der Waals surface area contributed by atoms with E-state index in [4.69, 9.17) is 16.3 Å². The van der Waals surface area contributed by atoms with Crippen LogP contribution in [0.25, 0.3) is 0 Å². The maximum atomic E-state index is 12.9. The van der Waals surface area contributed by atoms with Crippen LogP contribution in [0.15, 0.2) is 42.5 Å². The minimum absolute atomic E-state index is 0.139. The first-order valence-electron chi connectivity index (χ1n) is 9.33. The number of carbonyl (C=O) groups is 2. The number of halogens is 1. The smallest absolute Gasteiger partial charge is 0.261 e. The molecular formula is C22H27ClN2O3. The van der Waals surface area contributed by atoms with Crippen LogP contribution in [0.1, 0.15) is 30.5 Å². The number of aryl methyl sites for hydroxylation is 2. The normalized spacial score (nSPS) is 11.6. The van der Waals surface area contributed by atoms with E-state index < -0.39 is 6.04 Å². The standard InChI is InChI=1S/C22H27ClN2O3/c1-5-24-22(27)17(4)25(13-18-6-8-19(23)9-7-18)21(26)14-28-20-11-15(2)10-16(3)12-20/h6-12,17H,5,13-14H2,1-4H3,(H,24,27)/t17-/m1/s1. The monoisotopic (exact) mass is 402 g/mol. The second kappa shape index (κ2) is 10.1. The molecule has 28 heavy (non-hydrogen) atoms. The van der Waals surface area contributed by atoms with E-state index in [-0.39, 0.29) is 18.4 Å². The molecule has 0 saturated carbocycles. The molecule has 2 amide bonds. The van der Waals surface area contributed by atoms with Crippen molar-refractivity contribution in [2.75, 3.05) is 13.2 Å². The molecule has 0 aliphatic rings. The average molecular weight is 403 g/mol. The summed E-state index contributed by atoms with van der Waals surface area (Å²) in [6, 6.07) is 12.4. The molecular weight excluding hydrogens is 376 g/mol. The fourth-order valence-electron chi connectivity index (χ4n) is 2.94. The predicted octanol–water partition coefficient (Wildman–Crippen LogP) is 3.89. The molecule has 2 rings (SSSR count). The lowest BCUT2D eigenvalue weighted by atomic mass is 10.1. The number of benzene rings is 2. The highest BCUT2D eigenvalue weighted by atomic mass is 35.5. The number of rotatable bonds is 8. The van der Waals surface area contributed by atoms with E-state index in [9.17, 15) is 9.59 Å². The van der Waals surface area contributed by atoms with Gasteiger partial charge < -0.3 is 15.0 Å². The first-order valence-corrected chi connectivity index (χ1v) is 9.70. The van der Waals surface area contributed by atoms with Crippen LogP contribution < -0.4 is 10.1 Å². The van der Waals surface area contributed by atoms with Crippen molar-refractivity contribution < 1.29 is 14.3 Å². The van der Waals surface area contributed by atoms with Gasteiger partial charge in [-0.1, -0.05) is 29.8 Å². The Labute approximate surface area is 171 Å². The summed E-state index contributed by atoms with van der Waals surface area (Å²) in [5, 5.41) is 3.39. The minimum Gasteiger partial charge on any atom is -0.484 e. The van der Waals surface area contributed by atoms with Crippen LogP contribution >= 0.6 is 11.6 Å². The Bertz CT molecular complexity index is 801. The summed E-state index contributed by atoms with van der Waals surface area (Å²) in [5.74, 6) is 0.187. The molecule has 0 bridgehead atoms. The van der Waals surface area contributed by atoms with E-state index in [1.165, 1.54) is 4.90 Å². The number of nitrogens with zero attached hydrogens (tertiary/aromatic N) is 1. The van der Waals surface area contributed by atoms with Crippen LogP contribution in [0.5, 0.6) is 5.75 Å². The summed E-state index contributed by atoms with van der Waals surface area (Å²) >= 11 is 5.94. The van der Waals surface area contributed by atoms with E-state index >= 15 is 0 Å². The molecule has 0 aromatic heterocycles. The summed E-state index contributed by atoms with van der Waals surface area (Å²) in [5.41, 5.74) is 3.02. The zero-order valence-electron chi connectivity index (χ0n) is 16.8. The zero-order chi connectivity index (χ0) is 20.7. The molecule has 2 aromatic carbocycles. The van der Waals surface area contributed by atoms with Gasteiger partial charge in [-0.2, -0.15) is 0 Å². The molecule has 0 spiro atoms. The summed E-state index contributed by atoms with van der Waals surface area (Å²) in [4.78, 5) is 26.8. The molecule has 150 valence electrons. The number of amides is 2. The van der Waals surface area contributed by atoms with Gasteiger partial charge in [-0.05, 0) is 68.7 Å². The third kappa shape index (κ3) is 6.27. The first kappa shape index (κ1) is 21.8. The second-order valence-corrected chi connectivity index (χ2v) is 7.27. The average Bonchev–Trinajstić information content (AvgIpc) is 2.64. The van der Waals surface area contributed by atoms with Crippen LogP contribution in [-0.2, 0) is 16.1 Å². The Morgan fingerprint density at radius 2 is 1.71 bits per heavy atom. The van der Waals surface area contributed by atoms with E-state index in [1.807, 2.05) is 51.1 Å². The number of likely N-dealkylation sites (N-methyl/N-ethyl adjacent to an activating group) is 1. The quantitative estimate of drug-likeness (QED) is 0.728. The van der Waals surface area contributed by atoms with Crippen molar-refractivity contribution >= 4 is 23.4 Å². The van der Waals surface area contributed by atoms with Crippen LogP contribution in [0.3, 0.4) is 0 Å². The van der Waals surface area contributed by atoms with Gasteiger partial charge in [-0.3, -0.25) is 9.59 Å². The Balaban J connectivity index is 2.14. The van der Waals surface area contributed by atoms with Crippen LogP contribution in [-0.4, -0.2) is 35.9 Å². The van der Waals surface area contributed by atoms with Gasteiger partial charge in [0.15, 0.2) is 6.61 Å². The number of carbonyl (C=O) groups excluding carboxylic acids is 2. The fraction of sp³-hybridized carbons (Fsp3) is 0.364. The lowest BCUT2D eigenvalue weighted by Crippen LogP contribution is -2.49. The molecule has 2 aromatic rings. The fourth-order valence-corrected chi connectivity index (χ4v) is 3.06. The molecule has 6 heteroatoms.